The summed E-state index contributed by atoms with van der Waals surface area (Å²) in [5, 5.41) is 23.3. The molecule has 0 aromatic carbocycles. The van der Waals surface area contributed by atoms with Gasteiger partial charge in [0.05, 0.1) is 0 Å². The number of nitrogens with one attached hydrogen (secondary N) is 2. The van der Waals surface area contributed by atoms with E-state index in [0.29, 0.717) is 25.8 Å². The standard InChI is InChI=1S/C16H28N2O5/c1-10(2)13(16(22)23)18-15(21)12-7-4-3-6-11(12)14(20)17-8-5-9-19/h10-13,19H,3-9H2,1-2H3,(H,17,20)(H,18,21)(H,22,23). The molecule has 0 saturated heterocycles. The van der Waals surface area contributed by atoms with E-state index in [1.807, 2.05) is 0 Å². The molecule has 7 heteroatoms. The quantitative estimate of drug-likeness (QED) is 0.485. The second-order valence-electron chi connectivity index (χ2n) is 6.43. The molecule has 0 heterocycles. The van der Waals surface area contributed by atoms with E-state index in [-0.39, 0.29) is 24.3 Å². The third-order valence-corrected chi connectivity index (χ3v) is 4.30. The number of hydrogen-bond donors (Lipinski definition) is 4. The van der Waals surface area contributed by atoms with Gasteiger partial charge >= 0.3 is 5.97 Å². The first-order valence-corrected chi connectivity index (χ1v) is 8.30. The maximum Gasteiger partial charge on any atom is 0.326 e. The average Bonchev–Trinajstić information content (AvgIpc) is 2.51. The van der Waals surface area contributed by atoms with E-state index in [0.717, 1.165) is 12.8 Å². The summed E-state index contributed by atoms with van der Waals surface area (Å²) < 4.78 is 0. The summed E-state index contributed by atoms with van der Waals surface area (Å²) in [5.74, 6) is -2.74. The molecular weight excluding hydrogens is 300 g/mol. The molecule has 1 fully saturated rings. The first kappa shape index (κ1) is 19.4. The Kier molecular flexibility index (Phi) is 8.02. The Balaban J connectivity index is 2.70. The minimum Gasteiger partial charge on any atom is -0.480 e. The fourth-order valence-corrected chi connectivity index (χ4v) is 2.95. The Bertz CT molecular complexity index is 425. The number of rotatable bonds is 8. The first-order valence-electron chi connectivity index (χ1n) is 8.30. The molecule has 0 aromatic heterocycles. The van der Waals surface area contributed by atoms with E-state index in [1.165, 1.54) is 0 Å². The third kappa shape index (κ3) is 5.82. The average molecular weight is 328 g/mol. The molecule has 0 bridgehead atoms. The Labute approximate surface area is 136 Å². The molecule has 3 atom stereocenters. The van der Waals surface area contributed by atoms with Gasteiger partial charge in [-0.1, -0.05) is 26.7 Å². The maximum absolute atomic E-state index is 12.5. The number of aliphatic hydroxyl groups excluding tert-OH is 1. The highest BCUT2D eigenvalue weighted by Crippen LogP contribution is 2.30. The first-order chi connectivity index (χ1) is 10.9. The lowest BCUT2D eigenvalue weighted by Gasteiger charge is -2.31. The Morgan fingerprint density at radius 1 is 1.09 bits per heavy atom. The van der Waals surface area contributed by atoms with Crippen LogP contribution in [0.15, 0.2) is 0 Å². The van der Waals surface area contributed by atoms with Gasteiger partial charge < -0.3 is 20.8 Å². The Morgan fingerprint density at radius 2 is 1.65 bits per heavy atom. The molecule has 3 unspecified atom stereocenters. The van der Waals surface area contributed by atoms with Gasteiger partial charge in [-0.25, -0.2) is 4.79 Å². The van der Waals surface area contributed by atoms with E-state index in [2.05, 4.69) is 10.6 Å². The molecule has 1 aliphatic carbocycles. The van der Waals surface area contributed by atoms with Crippen molar-refractivity contribution in [2.75, 3.05) is 13.2 Å². The van der Waals surface area contributed by atoms with Crippen LogP contribution in [-0.2, 0) is 14.4 Å². The molecule has 0 aliphatic heterocycles. The third-order valence-electron chi connectivity index (χ3n) is 4.30. The van der Waals surface area contributed by atoms with Crippen LogP contribution in [0.4, 0.5) is 0 Å². The van der Waals surface area contributed by atoms with E-state index in [9.17, 15) is 19.5 Å². The van der Waals surface area contributed by atoms with Gasteiger partial charge in [0.25, 0.3) is 0 Å². The van der Waals surface area contributed by atoms with E-state index >= 15 is 0 Å². The summed E-state index contributed by atoms with van der Waals surface area (Å²) >= 11 is 0. The van der Waals surface area contributed by atoms with Crippen LogP contribution in [0.5, 0.6) is 0 Å². The van der Waals surface area contributed by atoms with Crippen LogP contribution in [0.25, 0.3) is 0 Å². The van der Waals surface area contributed by atoms with E-state index < -0.39 is 23.8 Å². The van der Waals surface area contributed by atoms with Crippen LogP contribution in [0.1, 0.15) is 46.0 Å². The lowest BCUT2D eigenvalue weighted by atomic mass is 9.78. The van der Waals surface area contributed by atoms with Crippen molar-refractivity contribution < 1.29 is 24.6 Å². The molecule has 132 valence electrons. The van der Waals surface area contributed by atoms with Gasteiger partial charge in [-0.05, 0) is 25.2 Å². The van der Waals surface area contributed by atoms with Crippen molar-refractivity contribution in [3.8, 4) is 0 Å². The van der Waals surface area contributed by atoms with Gasteiger partial charge in [0.2, 0.25) is 11.8 Å². The lowest BCUT2D eigenvalue weighted by molar-refractivity contribution is -0.145. The number of aliphatic carboxylic acids is 1. The highest BCUT2D eigenvalue weighted by molar-refractivity contribution is 5.90. The van der Waals surface area contributed by atoms with Gasteiger partial charge in [-0.3, -0.25) is 9.59 Å². The SMILES string of the molecule is CC(C)C(NC(=O)C1CCCCC1C(=O)NCCCO)C(=O)O. The summed E-state index contributed by atoms with van der Waals surface area (Å²) in [4.78, 5) is 36.0. The molecule has 7 nitrogen and oxygen atoms in total. The van der Waals surface area contributed by atoms with Crippen LogP contribution in [-0.4, -0.2) is 47.2 Å². The summed E-state index contributed by atoms with van der Waals surface area (Å²) in [6, 6.07) is -0.942. The lowest BCUT2D eigenvalue weighted by Crippen LogP contribution is -2.50. The van der Waals surface area contributed by atoms with Gasteiger partial charge in [0, 0.05) is 25.0 Å². The normalized spacial score (nSPS) is 22.4. The number of amides is 2. The summed E-state index contributed by atoms with van der Waals surface area (Å²) in [5.41, 5.74) is 0. The topological polar surface area (TPSA) is 116 Å². The minimum absolute atomic E-state index is 0.00351. The minimum atomic E-state index is -1.06. The zero-order chi connectivity index (χ0) is 17.4. The van der Waals surface area contributed by atoms with Gasteiger partial charge in [0.15, 0.2) is 0 Å². The molecule has 1 saturated carbocycles. The van der Waals surface area contributed by atoms with Crippen LogP contribution >= 0.6 is 0 Å². The number of carboxylic acid groups (broad SMARTS) is 1. The molecular formula is C16H28N2O5. The fourth-order valence-electron chi connectivity index (χ4n) is 2.95. The predicted octanol–water partition coefficient (Wildman–Crippen LogP) is 0.517. The van der Waals surface area contributed by atoms with Gasteiger partial charge in [-0.15, -0.1) is 0 Å². The second kappa shape index (κ2) is 9.50. The number of carbonyl (C=O) groups is 3. The van der Waals surface area contributed by atoms with Crippen LogP contribution in [0.2, 0.25) is 0 Å². The molecule has 0 radical (unpaired) electrons. The highest BCUT2D eigenvalue weighted by atomic mass is 16.4. The summed E-state index contributed by atoms with van der Waals surface area (Å²) in [6.07, 6.45) is 3.44. The van der Waals surface area contributed by atoms with Crippen molar-refractivity contribution in [3.05, 3.63) is 0 Å². The van der Waals surface area contributed by atoms with Crippen molar-refractivity contribution in [2.24, 2.45) is 17.8 Å². The second-order valence-corrected chi connectivity index (χ2v) is 6.43. The number of carbonyl (C=O) groups excluding carboxylic acids is 2. The van der Waals surface area contributed by atoms with E-state index in [1.54, 1.807) is 13.8 Å². The van der Waals surface area contributed by atoms with Crippen molar-refractivity contribution in [2.45, 2.75) is 52.0 Å². The molecule has 0 spiro atoms. The monoisotopic (exact) mass is 328 g/mol. The summed E-state index contributed by atoms with van der Waals surface area (Å²) in [6.45, 7) is 3.85. The van der Waals surface area contributed by atoms with Crippen LogP contribution in [0, 0.1) is 17.8 Å². The number of aliphatic hydroxyl groups is 1. The largest absolute Gasteiger partial charge is 0.480 e. The molecule has 1 rings (SSSR count). The van der Waals surface area contributed by atoms with E-state index in [4.69, 9.17) is 5.11 Å². The molecule has 23 heavy (non-hydrogen) atoms. The van der Waals surface area contributed by atoms with Gasteiger partial charge in [-0.2, -0.15) is 0 Å². The molecule has 2 amide bonds. The summed E-state index contributed by atoms with van der Waals surface area (Å²) in [7, 11) is 0. The van der Waals surface area contributed by atoms with Crippen molar-refractivity contribution in [3.63, 3.8) is 0 Å². The zero-order valence-electron chi connectivity index (χ0n) is 13.9. The van der Waals surface area contributed by atoms with Crippen LogP contribution < -0.4 is 10.6 Å². The van der Waals surface area contributed by atoms with Crippen molar-refractivity contribution in [1.29, 1.82) is 0 Å². The van der Waals surface area contributed by atoms with Crippen LogP contribution in [0.3, 0.4) is 0 Å². The Hall–Kier alpha value is -1.63. The smallest absolute Gasteiger partial charge is 0.326 e. The zero-order valence-corrected chi connectivity index (χ0v) is 13.9. The number of hydrogen-bond acceptors (Lipinski definition) is 4. The maximum atomic E-state index is 12.5. The predicted molar refractivity (Wildman–Crippen MR) is 84.6 cm³/mol. The van der Waals surface area contributed by atoms with Crippen molar-refractivity contribution in [1.82, 2.24) is 10.6 Å². The highest BCUT2D eigenvalue weighted by Gasteiger charge is 2.37. The van der Waals surface area contributed by atoms with Gasteiger partial charge in [0.1, 0.15) is 6.04 Å². The Morgan fingerprint density at radius 3 is 2.13 bits per heavy atom. The fraction of sp³-hybridized carbons (Fsp3) is 0.812. The van der Waals surface area contributed by atoms with Crippen molar-refractivity contribution >= 4 is 17.8 Å². The molecule has 0 aromatic rings. The molecule has 1 aliphatic rings. The number of carboxylic acids is 1. The molecule has 4 N–H and O–H groups in total.